The van der Waals surface area contributed by atoms with Crippen LogP contribution in [0.15, 0.2) is 24.3 Å². The molecule has 1 fully saturated rings. The van der Waals surface area contributed by atoms with Gasteiger partial charge in [0.1, 0.15) is 11.5 Å². The second-order valence-corrected chi connectivity index (χ2v) is 6.27. The highest BCUT2D eigenvalue weighted by Crippen LogP contribution is 2.43. The van der Waals surface area contributed by atoms with Gasteiger partial charge in [0.25, 0.3) is 0 Å². The summed E-state index contributed by atoms with van der Waals surface area (Å²) in [5.74, 6) is -0.0505. The quantitative estimate of drug-likeness (QED) is 0.817. The molecule has 0 spiro atoms. The van der Waals surface area contributed by atoms with E-state index in [9.17, 15) is 18.0 Å². The number of Topliss-reactive ketones (excluding diaryl/α,β-unsaturated/α-hetero) is 1. The van der Waals surface area contributed by atoms with Crippen molar-refractivity contribution in [2.75, 3.05) is 0 Å². The highest BCUT2D eigenvalue weighted by atomic mass is 19.4. The molecule has 0 radical (unpaired) electrons. The summed E-state index contributed by atoms with van der Waals surface area (Å²) in [6, 6.07) is 5.52. The van der Waals surface area contributed by atoms with E-state index in [0.29, 0.717) is 0 Å². The third-order valence-corrected chi connectivity index (χ3v) is 4.18. The molecule has 1 aliphatic carbocycles. The molecule has 0 amide bonds. The predicted molar refractivity (Wildman–Crippen MR) is 73.0 cm³/mol. The molecule has 21 heavy (non-hydrogen) atoms. The van der Waals surface area contributed by atoms with E-state index in [0.717, 1.165) is 24.8 Å². The van der Waals surface area contributed by atoms with Crippen LogP contribution in [-0.4, -0.2) is 12.1 Å². The first-order valence-corrected chi connectivity index (χ1v) is 7.05. The molecule has 1 aromatic carbocycles. The zero-order chi connectivity index (χ0) is 15.7. The van der Waals surface area contributed by atoms with Gasteiger partial charge in [0, 0.05) is 12.3 Å². The molecule has 0 aliphatic heterocycles. The Bertz CT molecular complexity index is 503. The topological polar surface area (TPSA) is 26.3 Å². The predicted octanol–water partition coefficient (Wildman–Crippen LogP) is 4.52. The summed E-state index contributed by atoms with van der Waals surface area (Å²) in [7, 11) is 0. The molecule has 1 aromatic rings. The van der Waals surface area contributed by atoms with Gasteiger partial charge in [0.05, 0.1) is 0 Å². The van der Waals surface area contributed by atoms with Crippen LogP contribution in [0.1, 0.15) is 38.7 Å². The Kier molecular flexibility index (Phi) is 4.30. The van der Waals surface area contributed by atoms with Gasteiger partial charge in [0.15, 0.2) is 0 Å². The number of carbonyl (C=O) groups excluding carboxylic acids is 1. The molecule has 5 heteroatoms. The van der Waals surface area contributed by atoms with Crippen molar-refractivity contribution >= 4 is 5.78 Å². The Labute approximate surface area is 122 Å². The maximum atomic E-state index is 12.3. The first kappa shape index (κ1) is 15.9. The highest BCUT2D eigenvalue weighted by molar-refractivity contribution is 5.84. The third-order valence-electron chi connectivity index (χ3n) is 4.18. The minimum absolute atomic E-state index is 0.0242. The summed E-state index contributed by atoms with van der Waals surface area (Å²) >= 11 is 0. The summed E-state index contributed by atoms with van der Waals surface area (Å²) < 4.78 is 40.0. The van der Waals surface area contributed by atoms with E-state index >= 15 is 0 Å². The van der Waals surface area contributed by atoms with Crippen molar-refractivity contribution in [3.8, 4) is 5.75 Å². The molecule has 0 aromatic heterocycles. The Balaban J connectivity index is 1.99. The molecule has 0 heterocycles. The molecule has 116 valence electrons. The number of rotatable bonds is 4. The van der Waals surface area contributed by atoms with Gasteiger partial charge in [-0.05, 0) is 36.0 Å². The van der Waals surface area contributed by atoms with Gasteiger partial charge in [-0.2, -0.15) is 0 Å². The number of carbonyl (C=O) groups is 1. The molecule has 0 saturated heterocycles. The minimum Gasteiger partial charge on any atom is -0.406 e. The van der Waals surface area contributed by atoms with E-state index in [-0.39, 0.29) is 29.3 Å². The second-order valence-electron chi connectivity index (χ2n) is 6.27. The SMILES string of the molecule is CC1(C)CCCC1C(=O)Cc1ccc(OC(F)(F)F)cc1. The molecular formula is C16H19F3O2. The van der Waals surface area contributed by atoms with Gasteiger partial charge in [-0.25, -0.2) is 0 Å². The summed E-state index contributed by atoms with van der Waals surface area (Å²) in [6.45, 7) is 4.20. The number of ketones is 1. The van der Waals surface area contributed by atoms with E-state index in [1.54, 1.807) is 0 Å². The van der Waals surface area contributed by atoms with Crippen LogP contribution in [0.5, 0.6) is 5.75 Å². The lowest BCUT2D eigenvalue weighted by Crippen LogP contribution is -2.27. The zero-order valence-electron chi connectivity index (χ0n) is 12.2. The van der Waals surface area contributed by atoms with Gasteiger partial charge < -0.3 is 4.74 Å². The molecule has 0 N–H and O–H groups in total. The molecule has 1 atom stereocenters. The average molecular weight is 300 g/mol. The van der Waals surface area contributed by atoms with Gasteiger partial charge in [-0.1, -0.05) is 32.4 Å². The summed E-state index contributed by atoms with van der Waals surface area (Å²) in [4.78, 5) is 12.3. The Morgan fingerprint density at radius 1 is 1.29 bits per heavy atom. The van der Waals surface area contributed by atoms with E-state index in [1.165, 1.54) is 24.3 Å². The average Bonchev–Trinajstić information content (AvgIpc) is 2.69. The smallest absolute Gasteiger partial charge is 0.406 e. The van der Waals surface area contributed by atoms with Crippen molar-refractivity contribution in [3.63, 3.8) is 0 Å². The van der Waals surface area contributed by atoms with Crippen LogP contribution in [-0.2, 0) is 11.2 Å². The Hall–Kier alpha value is -1.52. The standard InChI is InChI=1S/C16H19F3O2/c1-15(2)9-3-4-13(15)14(20)10-11-5-7-12(8-6-11)21-16(17,18)19/h5-8,13H,3-4,9-10H2,1-2H3. The van der Waals surface area contributed by atoms with Gasteiger partial charge in [-0.3, -0.25) is 4.79 Å². The normalized spacial score (nSPS) is 21.3. The number of halogens is 3. The van der Waals surface area contributed by atoms with Gasteiger partial charge in [-0.15, -0.1) is 13.2 Å². The van der Waals surface area contributed by atoms with E-state index in [4.69, 9.17) is 0 Å². The zero-order valence-corrected chi connectivity index (χ0v) is 12.2. The van der Waals surface area contributed by atoms with Crippen LogP contribution in [0.25, 0.3) is 0 Å². The maximum Gasteiger partial charge on any atom is 0.573 e. The van der Waals surface area contributed by atoms with Crippen LogP contribution < -0.4 is 4.74 Å². The molecule has 1 aliphatic rings. The number of hydrogen-bond donors (Lipinski definition) is 0. The summed E-state index contributed by atoms with van der Waals surface area (Å²) in [6.07, 6.45) is -1.42. The van der Waals surface area contributed by atoms with E-state index in [2.05, 4.69) is 18.6 Å². The number of benzene rings is 1. The number of hydrogen-bond acceptors (Lipinski definition) is 2. The van der Waals surface area contributed by atoms with Crippen molar-refractivity contribution in [1.29, 1.82) is 0 Å². The lowest BCUT2D eigenvalue weighted by molar-refractivity contribution is -0.274. The first-order valence-electron chi connectivity index (χ1n) is 7.05. The molecule has 0 bridgehead atoms. The third kappa shape index (κ3) is 4.22. The second kappa shape index (κ2) is 5.70. The van der Waals surface area contributed by atoms with Crippen molar-refractivity contribution in [2.24, 2.45) is 11.3 Å². The first-order chi connectivity index (χ1) is 9.67. The van der Waals surface area contributed by atoms with Crippen molar-refractivity contribution in [1.82, 2.24) is 0 Å². The Morgan fingerprint density at radius 3 is 2.38 bits per heavy atom. The molecule has 2 rings (SSSR count). The number of ether oxygens (including phenoxy) is 1. The Morgan fingerprint density at radius 2 is 1.90 bits per heavy atom. The van der Waals surface area contributed by atoms with E-state index in [1.807, 2.05) is 0 Å². The number of alkyl halides is 3. The molecule has 1 unspecified atom stereocenters. The van der Waals surface area contributed by atoms with Crippen LogP contribution in [0.4, 0.5) is 13.2 Å². The molecule has 1 saturated carbocycles. The monoisotopic (exact) mass is 300 g/mol. The van der Waals surface area contributed by atoms with Gasteiger partial charge in [0.2, 0.25) is 0 Å². The lowest BCUT2D eigenvalue weighted by Gasteiger charge is -2.25. The van der Waals surface area contributed by atoms with Crippen LogP contribution in [0.2, 0.25) is 0 Å². The van der Waals surface area contributed by atoms with Crippen molar-refractivity contribution in [3.05, 3.63) is 29.8 Å². The molecule has 2 nitrogen and oxygen atoms in total. The fraction of sp³-hybridized carbons (Fsp3) is 0.562. The molecular weight excluding hydrogens is 281 g/mol. The minimum atomic E-state index is -4.69. The summed E-state index contributed by atoms with van der Waals surface area (Å²) in [5.41, 5.74) is 0.744. The highest BCUT2D eigenvalue weighted by Gasteiger charge is 2.38. The maximum absolute atomic E-state index is 12.3. The van der Waals surface area contributed by atoms with Crippen molar-refractivity contribution < 1.29 is 22.7 Å². The van der Waals surface area contributed by atoms with Gasteiger partial charge >= 0.3 is 6.36 Å². The lowest BCUT2D eigenvalue weighted by atomic mass is 9.78. The summed E-state index contributed by atoms with van der Waals surface area (Å²) in [5, 5.41) is 0. The fourth-order valence-corrected chi connectivity index (χ4v) is 3.06. The fourth-order valence-electron chi connectivity index (χ4n) is 3.06. The van der Waals surface area contributed by atoms with Crippen molar-refractivity contribution in [2.45, 2.75) is 45.9 Å². The van der Waals surface area contributed by atoms with Crippen LogP contribution in [0, 0.1) is 11.3 Å². The van der Waals surface area contributed by atoms with Crippen LogP contribution in [0.3, 0.4) is 0 Å². The van der Waals surface area contributed by atoms with Crippen LogP contribution >= 0.6 is 0 Å². The largest absolute Gasteiger partial charge is 0.573 e. The van der Waals surface area contributed by atoms with E-state index < -0.39 is 6.36 Å².